The number of likely N-dealkylation sites (N-methyl/N-ethyl adjacent to an activating group) is 1. The van der Waals surface area contributed by atoms with E-state index in [9.17, 15) is 0 Å². The number of rotatable bonds is 1. The summed E-state index contributed by atoms with van der Waals surface area (Å²) in [5, 5.41) is 0. The Morgan fingerprint density at radius 3 is 2.32 bits per heavy atom. The molecule has 2 aliphatic rings. The molecule has 2 aliphatic heterocycles. The third-order valence-corrected chi connectivity index (χ3v) is 6.89. The molecule has 2 nitrogen and oxygen atoms in total. The van der Waals surface area contributed by atoms with Crippen molar-refractivity contribution < 1.29 is 0 Å². The van der Waals surface area contributed by atoms with Crippen molar-refractivity contribution in [2.75, 3.05) is 33.2 Å². The molecular formula is C19H20N2Se. The second-order valence-electron chi connectivity index (χ2n) is 5.96. The summed E-state index contributed by atoms with van der Waals surface area (Å²) in [6.45, 7) is 4.52. The van der Waals surface area contributed by atoms with Gasteiger partial charge < -0.3 is 0 Å². The van der Waals surface area contributed by atoms with E-state index in [0.717, 1.165) is 26.2 Å². The van der Waals surface area contributed by atoms with Gasteiger partial charge in [0, 0.05) is 0 Å². The number of nitrogens with zero attached hydrogens (tertiary/aromatic N) is 2. The molecule has 0 amide bonds. The van der Waals surface area contributed by atoms with Gasteiger partial charge in [-0.3, -0.25) is 0 Å². The minimum absolute atomic E-state index is 0.387. The fraction of sp³-hybridized carbons (Fsp3) is 0.263. The minimum atomic E-state index is 0.387. The summed E-state index contributed by atoms with van der Waals surface area (Å²) in [6, 6.07) is 17.8. The molecule has 2 heterocycles. The van der Waals surface area contributed by atoms with Crippen LogP contribution in [0.15, 0.2) is 48.5 Å². The molecule has 2 aromatic carbocycles. The van der Waals surface area contributed by atoms with Crippen molar-refractivity contribution in [2.24, 2.45) is 0 Å². The molecule has 0 bridgehead atoms. The Balaban J connectivity index is 1.82. The number of hydrogen-bond donors (Lipinski definition) is 0. The van der Waals surface area contributed by atoms with Gasteiger partial charge >= 0.3 is 138 Å². The molecule has 2 aromatic rings. The van der Waals surface area contributed by atoms with Gasteiger partial charge in [0.1, 0.15) is 0 Å². The Labute approximate surface area is 138 Å². The zero-order valence-corrected chi connectivity index (χ0v) is 14.5. The fourth-order valence-electron chi connectivity index (χ4n) is 3.11. The van der Waals surface area contributed by atoms with Crippen molar-refractivity contribution in [3.8, 4) is 0 Å². The summed E-state index contributed by atoms with van der Waals surface area (Å²) in [7, 11) is 2.21. The molecule has 1 saturated heterocycles. The molecule has 0 aromatic heterocycles. The summed E-state index contributed by atoms with van der Waals surface area (Å²) in [5.74, 6) is 0. The second-order valence-corrected chi connectivity index (χ2v) is 8.23. The van der Waals surface area contributed by atoms with Crippen molar-refractivity contribution in [3.05, 3.63) is 59.7 Å². The van der Waals surface area contributed by atoms with Gasteiger partial charge in [-0.1, -0.05) is 0 Å². The zero-order valence-electron chi connectivity index (χ0n) is 12.8. The van der Waals surface area contributed by atoms with Crippen LogP contribution < -0.4 is 8.92 Å². The van der Waals surface area contributed by atoms with Gasteiger partial charge in [0.25, 0.3) is 0 Å². The first-order valence-electron chi connectivity index (χ1n) is 7.83. The summed E-state index contributed by atoms with van der Waals surface area (Å²) in [6.07, 6.45) is 2.41. The predicted octanol–water partition coefficient (Wildman–Crippen LogP) is 1.40. The third kappa shape index (κ3) is 2.61. The number of hydrogen-bond acceptors (Lipinski definition) is 2. The van der Waals surface area contributed by atoms with E-state index in [-0.39, 0.29) is 0 Å². The van der Waals surface area contributed by atoms with Crippen LogP contribution in [0, 0.1) is 0 Å². The molecule has 0 radical (unpaired) electrons. The quantitative estimate of drug-likeness (QED) is 0.714. The molecule has 0 spiro atoms. The number of piperazine rings is 1. The van der Waals surface area contributed by atoms with Crippen molar-refractivity contribution in [1.29, 1.82) is 0 Å². The fourth-order valence-corrected chi connectivity index (χ4v) is 5.33. The molecule has 0 saturated carbocycles. The van der Waals surface area contributed by atoms with Gasteiger partial charge in [-0.15, -0.1) is 0 Å². The molecule has 0 atom stereocenters. The van der Waals surface area contributed by atoms with Crippen LogP contribution in [0.2, 0.25) is 0 Å². The summed E-state index contributed by atoms with van der Waals surface area (Å²) in [5.41, 5.74) is 4.24. The van der Waals surface area contributed by atoms with E-state index < -0.39 is 0 Å². The van der Waals surface area contributed by atoms with E-state index in [2.05, 4.69) is 71.5 Å². The normalized spacial score (nSPS) is 18.2. The van der Waals surface area contributed by atoms with Gasteiger partial charge in [0.15, 0.2) is 0 Å². The standard InChI is InChI=1S/C19H20N2Se/c1-20-10-12-21(13-11-20)17-14-15-6-2-4-8-18(15)22-19-9-5-3-7-16(17)19/h2-9,14H,10-13H2,1H3. The van der Waals surface area contributed by atoms with Crippen LogP contribution in [-0.2, 0) is 0 Å². The van der Waals surface area contributed by atoms with Crippen LogP contribution in [0.3, 0.4) is 0 Å². The SMILES string of the molecule is CN1CCN(C2=Cc3ccccc3[Se]c3ccccc32)CC1. The second kappa shape index (κ2) is 5.92. The first-order valence-corrected chi connectivity index (χ1v) is 9.54. The van der Waals surface area contributed by atoms with Gasteiger partial charge in [-0.2, -0.15) is 0 Å². The number of benzene rings is 2. The van der Waals surface area contributed by atoms with Crippen molar-refractivity contribution in [3.63, 3.8) is 0 Å². The first-order chi connectivity index (χ1) is 10.8. The average Bonchev–Trinajstić information content (AvgIpc) is 2.72. The van der Waals surface area contributed by atoms with Crippen LogP contribution >= 0.6 is 0 Å². The Morgan fingerprint density at radius 1 is 0.818 bits per heavy atom. The topological polar surface area (TPSA) is 6.48 Å². The Morgan fingerprint density at radius 2 is 1.50 bits per heavy atom. The van der Waals surface area contributed by atoms with E-state index >= 15 is 0 Å². The van der Waals surface area contributed by atoms with E-state index in [1.807, 2.05) is 0 Å². The molecule has 3 heteroatoms. The summed E-state index contributed by atoms with van der Waals surface area (Å²) >= 11 is 0.387. The maximum atomic E-state index is 2.57. The number of fused-ring (bicyclic) bond motifs is 2. The van der Waals surface area contributed by atoms with Crippen LogP contribution in [-0.4, -0.2) is 58.0 Å². The van der Waals surface area contributed by atoms with Crippen LogP contribution in [0.25, 0.3) is 11.8 Å². The van der Waals surface area contributed by atoms with E-state index in [4.69, 9.17) is 0 Å². The Bertz CT molecular complexity index is 715. The molecule has 1 fully saturated rings. The third-order valence-electron chi connectivity index (χ3n) is 4.44. The Hall–Kier alpha value is -1.54. The summed E-state index contributed by atoms with van der Waals surface area (Å²) in [4.78, 5) is 4.98. The first kappa shape index (κ1) is 14.1. The summed E-state index contributed by atoms with van der Waals surface area (Å²) < 4.78 is 3.00. The van der Waals surface area contributed by atoms with Gasteiger partial charge in [-0.05, 0) is 0 Å². The Kier molecular flexibility index (Phi) is 3.79. The van der Waals surface area contributed by atoms with Crippen LogP contribution in [0.1, 0.15) is 11.1 Å². The average molecular weight is 355 g/mol. The van der Waals surface area contributed by atoms with Crippen molar-refractivity contribution in [2.45, 2.75) is 0 Å². The molecule has 0 aliphatic carbocycles. The maximum absolute atomic E-state index is 2.57. The van der Waals surface area contributed by atoms with Crippen LogP contribution in [0.5, 0.6) is 0 Å². The van der Waals surface area contributed by atoms with Crippen molar-refractivity contribution >= 4 is 35.7 Å². The molecule has 0 N–H and O–H groups in total. The van der Waals surface area contributed by atoms with Crippen molar-refractivity contribution in [1.82, 2.24) is 9.80 Å². The molecule has 4 rings (SSSR count). The molecule has 112 valence electrons. The van der Waals surface area contributed by atoms with E-state index in [1.165, 1.54) is 25.7 Å². The van der Waals surface area contributed by atoms with Gasteiger partial charge in [-0.25, -0.2) is 0 Å². The molecular weight excluding hydrogens is 335 g/mol. The molecule has 22 heavy (non-hydrogen) atoms. The zero-order chi connectivity index (χ0) is 14.9. The van der Waals surface area contributed by atoms with E-state index in [0.29, 0.717) is 15.0 Å². The molecule has 0 unspecified atom stereocenters. The van der Waals surface area contributed by atoms with Crippen LogP contribution in [0.4, 0.5) is 0 Å². The monoisotopic (exact) mass is 356 g/mol. The van der Waals surface area contributed by atoms with Gasteiger partial charge in [0.05, 0.1) is 0 Å². The van der Waals surface area contributed by atoms with Gasteiger partial charge in [0.2, 0.25) is 0 Å². The predicted molar refractivity (Wildman–Crippen MR) is 94.8 cm³/mol. The van der Waals surface area contributed by atoms with E-state index in [1.54, 1.807) is 0 Å².